The summed E-state index contributed by atoms with van der Waals surface area (Å²) in [5.74, 6) is -0.0728. The number of carbonyl (C=O) groups is 2. The second-order valence-corrected chi connectivity index (χ2v) is 13.6. The number of non-ortho nitro benzene ring substituents is 1. The average molecular weight is 595 g/mol. The van der Waals surface area contributed by atoms with Crippen LogP contribution in [0.4, 0.5) is 5.69 Å². The molecule has 14 heteroatoms. The van der Waals surface area contributed by atoms with Gasteiger partial charge in [0.15, 0.2) is 0 Å². The molecule has 10 nitrogen and oxygen atoms in total. The minimum Gasteiger partial charge on any atom is -0.332 e. The fraction of sp³-hybridized carbons (Fsp3) is 0.333. The quantitative estimate of drug-likeness (QED) is 0.323. The van der Waals surface area contributed by atoms with Gasteiger partial charge in [-0.2, -0.15) is 4.72 Å². The van der Waals surface area contributed by atoms with Gasteiger partial charge in [-0.05, 0) is 48.1 Å². The molecule has 2 aliphatic rings. The zero-order valence-corrected chi connectivity index (χ0v) is 23.1. The number of nitro groups is 1. The van der Waals surface area contributed by atoms with Gasteiger partial charge < -0.3 is 9.80 Å². The number of amides is 2. The topological polar surface area (TPSA) is 130 Å². The molecule has 0 aliphatic carbocycles. The monoisotopic (exact) mass is 594 g/mol. The zero-order chi connectivity index (χ0) is 27.0. The van der Waals surface area contributed by atoms with E-state index in [4.69, 9.17) is 11.6 Å². The molecule has 2 atom stereocenters. The Hall–Kier alpha value is -2.71. The van der Waals surface area contributed by atoms with E-state index < -0.39 is 32.3 Å². The lowest BCUT2D eigenvalue weighted by molar-refractivity contribution is -0.384. The largest absolute Gasteiger partial charge is 0.332 e. The van der Waals surface area contributed by atoms with Crippen LogP contribution >= 0.6 is 34.7 Å². The number of halogens is 1. The molecule has 1 N–H and O–H groups in total. The maximum absolute atomic E-state index is 13.2. The first-order valence-corrected chi connectivity index (χ1v) is 15.5. The Balaban J connectivity index is 1.27. The van der Waals surface area contributed by atoms with Crippen molar-refractivity contribution in [2.24, 2.45) is 0 Å². The smallest absolute Gasteiger partial charge is 0.269 e. The third-order valence-corrected chi connectivity index (χ3v) is 11.0. The van der Waals surface area contributed by atoms with Crippen LogP contribution in [0.1, 0.15) is 23.8 Å². The summed E-state index contributed by atoms with van der Waals surface area (Å²) in [5, 5.41) is 12.0. The molecule has 1 aromatic heterocycles. The molecule has 0 radical (unpaired) electrons. The maximum Gasteiger partial charge on any atom is 0.269 e. The second-order valence-electron chi connectivity index (χ2n) is 8.99. The predicted octanol–water partition coefficient (Wildman–Crippen LogP) is 4.01. The van der Waals surface area contributed by atoms with E-state index in [2.05, 4.69) is 4.72 Å². The molecular formula is C24H23ClN4O6S3. The number of nitro benzene ring substituents is 1. The van der Waals surface area contributed by atoms with Crippen LogP contribution in [0.5, 0.6) is 0 Å². The van der Waals surface area contributed by atoms with Crippen molar-refractivity contribution in [3.05, 3.63) is 69.2 Å². The molecule has 2 saturated heterocycles. The summed E-state index contributed by atoms with van der Waals surface area (Å²) in [6.45, 7) is 0.599. The summed E-state index contributed by atoms with van der Waals surface area (Å²) in [7, 11) is -3.97. The first-order chi connectivity index (χ1) is 18.1. The summed E-state index contributed by atoms with van der Waals surface area (Å²) >= 11 is 8.61. The van der Waals surface area contributed by atoms with Gasteiger partial charge in [-0.1, -0.05) is 23.7 Å². The van der Waals surface area contributed by atoms with Crippen LogP contribution in [-0.4, -0.2) is 66.4 Å². The minimum atomic E-state index is -3.97. The summed E-state index contributed by atoms with van der Waals surface area (Å²) in [4.78, 5) is 40.2. The number of benzene rings is 2. The SMILES string of the molecule is O=C1C(NS(=O)(=O)c2cc3cc(Cl)ccc3s2)CCCN1CC(=O)N1CCSC1c1cccc([N+](=O)[O-])c1. The number of hydrogen-bond donors (Lipinski definition) is 1. The number of thioether (sulfide) groups is 1. The van der Waals surface area contributed by atoms with E-state index in [1.165, 1.54) is 34.9 Å². The highest BCUT2D eigenvalue weighted by Gasteiger charge is 2.37. The van der Waals surface area contributed by atoms with Crippen LogP contribution < -0.4 is 4.72 Å². The molecule has 2 aromatic carbocycles. The zero-order valence-electron chi connectivity index (χ0n) is 19.9. The number of piperidine rings is 1. The third-order valence-electron chi connectivity index (χ3n) is 6.45. The summed E-state index contributed by atoms with van der Waals surface area (Å²) in [6, 6.07) is 11.9. The Bertz CT molecular complexity index is 1530. The second kappa shape index (κ2) is 10.8. The number of thiophene rings is 1. The molecule has 38 heavy (non-hydrogen) atoms. The van der Waals surface area contributed by atoms with Crippen LogP contribution in [0.2, 0.25) is 5.02 Å². The van der Waals surface area contributed by atoms with Gasteiger partial charge in [-0.25, -0.2) is 8.42 Å². The van der Waals surface area contributed by atoms with Gasteiger partial charge >= 0.3 is 0 Å². The highest BCUT2D eigenvalue weighted by atomic mass is 35.5. The van der Waals surface area contributed by atoms with Crippen LogP contribution in [0.15, 0.2) is 52.7 Å². The van der Waals surface area contributed by atoms with E-state index in [9.17, 15) is 28.1 Å². The summed E-state index contributed by atoms with van der Waals surface area (Å²) in [5.41, 5.74) is 0.598. The lowest BCUT2D eigenvalue weighted by Gasteiger charge is -2.34. The molecular weight excluding hydrogens is 572 g/mol. The van der Waals surface area contributed by atoms with E-state index in [0.29, 0.717) is 47.7 Å². The lowest BCUT2D eigenvalue weighted by atomic mass is 10.1. The molecule has 2 fully saturated rings. The molecule has 2 amide bonds. The third kappa shape index (κ3) is 5.52. The molecule has 200 valence electrons. The minimum absolute atomic E-state index is 0.0505. The van der Waals surface area contributed by atoms with Gasteiger partial charge in [-0.3, -0.25) is 19.7 Å². The van der Waals surface area contributed by atoms with Crippen molar-refractivity contribution in [1.29, 1.82) is 0 Å². The van der Waals surface area contributed by atoms with E-state index in [-0.39, 0.29) is 22.3 Å². The van der Waals surface area contributed by atoms with Crippen molar-refractivity contribution in [3.63, 3.8) is 0 Å². The lowest BCUT2D eigenvalue weighted by Crippen LogP contribution is -2.54. The Labute approximate surface area is 232 Å². The van der Waals surface area contributed by atoms with Gasteiger partial charge in [0.25, 0.3) is 15.7 Å². The van der Waals surface area contributed by atoms with E-state index >= 15 is 0 Å². The number of likely N-dealkylation sites (tertiary alicyclic amines) is 1. The number of hydrogen-bond acceptors (Lipinski definition) is 8. The van der Waals surface area contributed by atoms with Gasteiger partial charge in [0.1, 0.15) is 15.6 Å². The molecule has 0 spiro atoms. The van der Waals surface area contributed by atoms with Crippen LogP contribution in [0.3, 0.4) is 0 Å². The normalized spacial score (nSPS) is 20.3. The fourth-order valence-electron chi connectivity index (χ4n) is 4.62. The van der Waals surface area contributed by atoms with Crippen molar-refractivity contribution in [2.45, 2.75) is 28.5 Å². The van der Waals surface area contributed by atoms with Crippen LogP contribution in [-0.2, 0) is 19.6 Å². The van der Waals surface area contributed by atoms with Crippen molar-refractivity contribution in [1.82, 2.24) is 14.5 Å². The molecule has 3 aromatic rings. The highest BCUT2D eigenvalue weighted by Crippen LogP contribution is 2.39. The molecule has 0 bridgehead atoms. The van der Waals surface area contributed by atoms with Crippen molar-refractivity contribution in [2.75, 3.05) is 25.4 Å². The average Bonchev–Trinajstić information content (AvgIpc) is 3.54. The molecule has 2 aliphatic heterocycles. The van der Waals surface area contributed by atoms with Crippen molar-refractivity contribution >= 4 is 72.3 Å². The molecule has 5 rings (SSSR count). The van der Waals surface area contributed by atoms with Crippen molar-refractivity contribution in [3.8, 4) is 0 Å². The first kappa shape index (κ1) is 26.9. The van der Waals surface area contributed by atoms with Gasteiger partial charge in [-0.15, -0.1) is 23.1 Å². The number of sulfonamides is 1. The van der Waals surface area contributed by atoms with E-state index in [1.54, 1.807) is 35.2 Å². The number of carbonyl (C=O) groups excluding carboxylic acids is 2. The number of fused-ring (bicyclic) bond motifs is 1. The molecule has 0 saturated carbocycles. The molecule has 3 heterocycles. The van der Waals surface area contributed by atoms with Crippen molar-refractivity contribution < 1.29 is 22.9 Å². The Kier molecular flexibility index (Phi) is 7.65. The number of nitrogens with one attached hydrogen (secondary N) is 1. The Morgan fingerprint density at radius 2 is 2.00 bits per heavy atom. The van der Waals surface area contributed by atoms with Crippen LogP contribution in [0.25, 0.3) is 10.1 Å². The van der Waals surface area contributed by atoms with Gasteiger partial charge in [0, 0.05) is 40.7 Å². The standard InChI is InChI=1S/C24H23ClN4O6S3/c25-17-6-7-20-16(11-17)13-22(37-20)38(34,35)26-19-5-2-8-27(23(19)31)14-21(30)28-9-10-36-24(28)15-3-1-4-18(12-15)29(32)33/h1,3-4,6-7,11-13,19,24,26H,2,5,8-10,14H2. The van der Waals surface area contributed by atoms with E-state index in [1.807, 2.05) is 0 Å². The van der Waals surface area contributed by atoms with E-state index in [0.717, 1.165) is 16.0 Å². The van der Waals surface area contributed by atoms with Crippen LogP contribution in [0, 0.1) is 10.1 Å². The number of rotatable bonds is 7. The fourth-order valence-corrected chi connectivity index (χ4v) is 8.69. The Morgan fingerprint density at radius 3 is 2.79 bits per heavy atom. The first-order valence-electron chi connectivity index (χ1n) is 11.8. The van der Waals surface area contributed by atoms with Gasteiger partial charge in [0.2, 0.25) is 11.8 Å². The summed E-state index contributed by atoms with van der Waals surface area (Å²) in [6.07, 6.45) is 0.868. The highest BCUT2D eigenvalue weighted by molar-refractivity contribution is 7.99. The maximum atomic E-state index is 13.2. The van der Waals surface area contributed by atoms with Gasteiger partial charge in [0.05, 0.1) is 11.5 Å². The predicted molar refractivity (Wildman–Crippen MR) is 147 cm³/mol. The Morgan fingerprint density at radius 1 is 1.18 bits per heavy atom. The number of nitrogens with zero attached hydrogens (tertiary/aromatic N) is 3. The molecule has 2 unspecified atom stereocenters. The summed E-state index contributed by atoms with van der Waals surface area (Å²) < 4.78 is 29.5.